The highest BCUT2D eigenvalue weighted by molar-refractivity contribution is 5.97. The first-order chi connectivity index (χ1) is 12.3. The maximum atomic E-state index is 12.9. The molecule has 0 aliphatic carbocycles. The number of nitrogens with zero attached hydrogens (tertiary/aromatic N) is 1. The summed E-state index contributed by atoms with van der Waals surface area (Å²) in [6.45, 7) is 8.87. The number of nitrogens with one attached hydrogen (secondary N) is 3. The molecule has 0 fully saturated rings. The van der Waals surface area contributed by atoms with Gasteiger partial charge in [-0.1, -0.05) is 6.92 Å². The largest absolute Gasteiger partial charge is 0.348 e. The highest BCUT2D eigenvalue weighted by atomic mass is 16.1. The maximum Gasteiger partial charge on any atom is 0.253 e. The third-order valence-corrected chi connectivity index (χ3v) is 5.19. The van der Waals surface area contributed by atoms with E-state index in [1.165, 1.54) is 5.56 Å². The van der Waals surface area contributed by atoms with Gasteiger partial charge < -0.3 is 15.3 Å². The summed E-state index contributed by atoms with van der Waals surface area (Å²) in [5.74, 6) is -0.146. The number of aromatic amines is 1. The molecule has 1 aromatic carbocycles. The molecule has 1 amide bonds. The fraction of sp³-hybridized carbons (Fsp3) is 0.400. The van der Waals surface area contributed by atoms with Gasteiger partial charge in [0.1, 0.15) is 0 Å². The average molecular weight is 354 g/mol. The Balaban J connectivity index is 1.90. The van der Waals surface area contributed by atoms with Crippen LogP contribution in [0.15, 0.2) is 16.9 Å². The van der Waals surface area contributed by atoms with Crippen molar-refractivity contribution in [3.63, 3.8) is 0 Å². The molecule has 0 saturated heterocycles. The van der Waals surface area contributed by atoms with Crippen LogP contribution in [0.1, 0.15) is 50.8 Å². The van der Waals surface area contributed by atoms with Crippen molar-refractivity contribution in [2.24, 2.45) is 0 Å². The molecule has 0 bridgehead atoms. The number of aryl methyl sites for hydroxylation is 2. The van der Waals surface area contributed by atoms with Crippen LogP contribution in [0.5, 0.6) is 0 Å². The van der Waals surface area contributed by atoms with E-state index in [0.29, 0.717) is 11.1 Å². The molecule has 1 aliphatic rings. The van der Waals surface area contributed by atoms with Crippen LogP contribution >= 0.6 is 0 Å². The summed E-state index contributed by atoms with van der Waals surface area (Å²) < 4.78 is 0. The summed E-state index contributed by atoms with van der Waals surface area (Å²) >= 11 is 0. The monoisotopic (exact) mass is 354 g/mol. The van der Waals surface area contributed by atoms with E-state index in [2.05, 4.69) is 29.6 Å². The lowest BCUT2D eigenvalue weighted by Gasteiger charge is -2.18. The maximum absolute atomic E-state index is 12.9. The molecule has 0 saturated carbocycles. The molecule has 2 aromatic rings. The minimum atomic E-state index is -0.146. The molecule has 26 heavy (non-hydrogen) atoms. The van der Waals surface area contributed by atoms with Gasteiger partial charge in [-0.15, -0.1) is 0 Å². The van der Waals surface area contributed by atoms with Crippen molar-refractivity contribution in [1.29, 1.82) is 0 Å². The second kappa shape index (κ2) is 6.96. The van der Waals surface area contributed by atoms with Crippen molar-refractivity contribution < 1.29 is 4.79 Å². The van der Waals surface area contributed by atoms with E-state index in [4.69, 9.17) is 0 Å². The van der Waals surface area contributed by atoms with Gasteiger partial charge in [-0.2, -0.15) is 0 Å². The van der Waals surface area contributed by atoms with Crippen LogP contribution in [0.2, 0.25) is 0 Å². The lowest BCUT2D eigenvalue weighted by molar-refractivity contribution is 0.0950. The number of fused-ring (bicyclic) bond motifs is 1. The van der Waals surface area contributed by atoms with E-state index in [1.54, 1.807) is 0 Å². The van der Waals surface area contributed by atoms with Crippen molar-refractivity contribution in [3.05, 3.63) is 61.6 Å². The summed E-state index contributed by atoms with van der Waals surface area (Å²) in [5.41, 5.74) is 10.6. The Bertz CT molecular complexity index is 930. The zero-order valence-electron chi connectivity index (χ0n) is 16.0. The van der Waals surface area contributed by atoms with Crippen molar-refractivity contribution in [2.45, 2.75) is 47.2 Å². The van der Waals surface area contributed by atoms with Gasteiger partial charge in [0, 0.05) is 37.0 Å². The molecule has 0 unspecified atom stereocenters. The topological polar surface area (TPSA) is 77.2 Å². The zero-order chi connectivity index (χ0) is 19.0. The number of amides is 1. The second-order valence-corrected chi connectivity index (χ2v) is 6.90. The number of aromatic nitrogens is 1. The molecule has 6 heteroatoms. The van der Waals surface area contributed by atoms with Gasteiger partial charge in [0.2, 0.25) is 0 Å². The van der Waals surface area contributed by atoms with Crippen LogP contribution in [0.25, 0.3) is 0 Å². The summed E-state index contributed by atoms with van der Waals surface area (Å²) in [6.07, 6.45) is 0.787. The molecule has 3 rings (SSSR count). The van der Waals surface area contributed by atoms with Crippen molar-refractivity contribution in [1.82, 2.24) is 15.7 Å². The average Bonchev–Trinajstić information content (AvgIpc) is 2.95. The lowest BCUT2D eigenvalue weighted by atomic mass is 9.93. The summed E-state index contributed by atoms with van der Waals surface area (Å²) in [5, 5.41) is 4.88. The molecule has 0 radical (unpaired) electrons. The number of carbonyl (C=O) groups is 1. The molecule has 138 valence electrons. The number of pyridine rings is 1. The van der Waals surface area contributed by atoms with Gasteiger partial charge >= 0.3 is 0 Å². The lowest BCUT2D eigenvalue weighted by Crippen LogP contribution is -2.29. The van der Waals surface area contributed by atoms with E-state index in [1.807, 2.05) is 38.0 Å². The van der Waals surface area contributed by atoms with Crippen LogP contribution in [0.3, 0.4) is 0 Å². The number of rotatable bonds is 4. The Morgan fingerprint density at radius 2 is 1.96 bits per heavy atom. The van der Waals surface area contributed by atoms with Crippen LogP contribution < -0.4 is 21.3 Å². The van der Waals surface area contributed by atoms with Crippen molar-refractivity contribution >= 4 is 11.6 Å². The molecule has 1 aliphatic heterocycles. The number of hydrogen-bond acceptors (Lipinski definition) is 4. The molecule has 3 N–H and O–H groups in total. The minimum Gasteiger partial charge on any atom is -0.348 e. The SMILES string of the molecule is CCc1c(C(=O)NCc2c(C)cc(C)[nH]c2=O)cc2c(c1C)CNN2C. The van der Waals surface area contributed by atoms with Gasteiger partial charge in [0.05, 0.1) is 5.69 Å². The number of hydrazine groups is 1. The molecule has 0 spiro atoms. The predicted molar refractivity (Wildman–Crippen MR) is 104 cm³/mol. The highest BCUT2D eigenvalue weighted by Gasteiger charge is 2.24. The number of hydrogen-bond donors (Lipinski definition) is 3. The van der Waals surface area contributed by atoms with E-state index < -0.39 is 0 Å². The Morgan fingerprint density at radius 1 is 1.23 bits per heavy atom. The molecule has 2 heterocycles. The third kappa shape index (κ3) is 3.12. The first kappa shape index (κ1) is 18.2. The van der Waals surface area contributed by atoms with Crippen molar-refractivity contribution in [2.75, 3.05) is 12.1 Å². The predicted octanol–water partition coefficient (Wildman–Crippen LogP) is 2.25. The fourth-order valence-corrected chi connectivity index (χ4v) is 3.72. The zero-order valence-corrected chi connectivity index (χ0v) is 16.0. The number of H-pyrrole nitrogens is 1. The second-order valence-electron chi connectivity index (χ2n) is 6.90. The molecule has 1 aromatic heterocycles. The number of anilines is 1. The van der Waals surface area contributed by atoms with Crippen molar-refractivity contribution in [3.8, 4) is 0 Å². The quantitative estimate of drug-likeness (QED) is 0.787. The first-order valence-electron chi connectivity index (χ1n) is 8.93. The van der Waals surface area contributed by atoms with Gasteiger partial charge in [-0.05, 0) is 61.6 Å². The van der Waals surface area contributed by atoms with E-state index in [-0.39, 0.29) is 18.0 Å². The van der Waals surface area contributed by atoms with Crippen LogP contribution in [-0.4, -0.2) is 17.9 Å². The normalized spacial score (nSPS) is 13.0. The van der Waals surface area contributed by atoms with Gasteiger partial charge in [-0.3, -0.25) is 9.59 Å². The number of carbonyl (C=O) groups excluding carboxylic acids is 1. The van der Waals surface area contributed by atoms with Crippen LogP contribution in [-0.2, 0) is 19.5 Å². The number of benzene rings is 1. The van der Waals surface area contributed by atoms with Gasteiger partial charge in [-0.25, -0.2) is 5.43 Å². The molecule has 6 nitrogen and oxygen atoms in total. The molecular weight excluding hydrogens is 328 g/mol. The highest BCUT2D eigenvalue weighted by Crippen LogP contribution is 2.32. The van der Waals surface area contributed by atoms with E-state index >= 15 is 0 Å². The first-order valence-corrected chi connectivity index (χ1v) is 8.93. The van der Waals surface area contributed by atoms with E-state index in [0.717, 1.165) is 41.0 Å². The summed E-state index contributed by atoms with van der Waals surface area (Å²) in [7, 11) is 1.95. The molecule has 0 atom stereocenters. The summed E-state index contributed by atoms with van der Waals surface area (Å²) in [4.78, 5) is 27.8. The Kier molecular flexibility index (Phi) is 4.87. The Morgan fingerprint density at radius 3 is 2.62 bits per heavy atom. The van der Waals surface area contributed by atoms with Gasteiger partial charge in [0.15, 0.2) is 0 Å². The van der Waals surface area contributed by atoms with Gasteiger partial charge in [0.25, 0.3) is 11.5 Å². The minimum absolute atomic E-state index is 0.146. The van der Waals surface area contributed by atoms with Crippen LogP contribution in [0, 0.1) is 20.8 Å². The van der Waals surface area contributed by atoms with E-state index in [9.17, 15) is 9.59 Å². The van der Waals surface area contributed by atoms with Crippen LogP contribution in [0.4, 0.5) is 5.69 Å². The fourth-order valence-electron chi connectivity index (χ4n) is 3.72. The summed E-state index contributed by atoms with van der Waals surface area (Å²) in [6, 6.07) is 3.86. The third-order valence-electron chi connectivity index (χ3n) is 5.19. The Labute approximate surface area is 153 Å². The smallest absolute Gasteiger partial charge is 0.253 e. The Hall–Kier alpha value is -2.60. The molecular formula is C20H26N4O2. The standard InChI is InChI=1S/C20H26N4O2/c1-6-14-13(4)17-10-22-24(5)18(17)8-15(14)19(25)21-9-16-11(2)7-12(3)23-20(16)26/h7-8,22H,6,9-10H2,1-5H3,(H,21,25)(H,23,26).